The number of amides is 1. The number of nitrogens with one attached hydrogen (secondary N) is 1. The number of aromatic carboxylic acids is 1. The number of carbonyl (C=O) groups excluding carboxylic acids is 2. The summed E-state index contributed by atoms with van der Waals surface area (Å²) in [7, 11) is 0. The van der Waals surface area contributed by atoms with Crippen molar-refractivity contribution in [2.45, 2.75) is 62.6 Å². The number of benzene rings is 2. The lowest BCUT2D eigenvalue weighted by atomic mass is 9.51. The Morgan fingerprint density at radius 3 is 2.72 bits per heavy atom. The molecule has 6 N–H and O–H groups in total. The summed E-state index contributed by atoms with van der Waals surface area (Å²) in [6.45, 7) is 4.36. The minimum absolute atomic E-state index is 0.0412. The van der Waals surface area contributed by atoms with Crippen molar-refractivity contribution in [1.82, 2.24) is 0 Å². The van der Waals surface area contributed by atoms with Crippen molar-refractivity contribution in [1.29, 1.82) is 0 Å². The Morgan fingerprint density at radius 2 is 2.00 bits per heavy atom. The molecule has 9 nitrogen and oxygen atoms in total. The Labute approximate surface area is 253 Å². The van der Waals surface area contributed by atoms with E-state index in [2.05, 4.69) is 30.2 Å². The normalized spacial score (nSPS) is 31.7. The van der Waals surface area contributed by atoms with E-state index in [1.807, 2.05) is 31.2 Å². The lowest BCUT2D eigenvalue weighted by molar-refractivity contribution is -0.169. The SMILES string of the molecule is C[C@]12C[C@@]34C=C(Sc5cccc(C#CCN)c5)C(=O)[C@@](C)(CCC(=O)Nc5c(O)ccc(C(=O)O)c5O)[C@@H]3[C@H](C[C@@H]1C4)O2. The first-order valence-corrected chi connectivity index (χ1v) is 15.2. The molecular formula is C33H34N2O7S. The van der Waals surface area contributed by atoms with Gasteiger partial charge in [-0.25, -0.2) is 4.79 Å². The van der Waals surface area contributed by atoms with Gasteiger partial charge < -0.3 is 31.1 Å². The number of hydrogen-bond acceptors (Lipinski definition) is 8. The van der Waals surface area contributed by atoms with E-state index in [4.69, 9.17) is 10.5 Å². The quantitative estimate of drug-likeness (QED) is 0.224. The molecule has 6 atom stereocenters. The van der Waals surface area contributed by atoms with Gasteiger partial charge in [-0.2, -0.15) is 0 Å². The van der Waals surface area contributed by atoms with Crippen molar-refractivity contribution < 1.29 is 34.4 Å². The third-order valence-corrected chi connectivity index (χ3v) is 10.9. The molecule has 5 aliphatic rings. The molecule has 2 aliphatic heterocycles. The Bertz CT molecular complexity index is 1640. The van der Waals surface area contributed by atoms with E-state index in [-0.39, 0.29) is 53.9 Å². The lowest BCUT2D eigenvalue weighted by Crippen LogP contribution is -2.57. The highest BCUT2D eigenvalue weighted by molar-refractivity contribution is 8.04. The van der Waals surface area contributed by atoms with Crippen molar-refractivity contribution in [2.24, 2.45) is 28.4 Å². The van der Waals surface area contributed by atoms with Gasteiger partial charge in [0.05, 0.1) is 23.2 Å². The molecule has 0 unspecified atom stereocenters. The number of phenols is 2. The summed E-state index contributed by atoms with van der Waals surface area (Å²) in [4.78, 5) is 40.6. The molecule has 0 radical (unpaired) electrons. The molecule has 1 spiro atoms. The number of nitrogens with two attached hydrogens (primary N) is 1. The maximum atomic E-state index is 14.4. The molecule has 0 aromatic heterocycles. The molecule has 7 rings (SSSR count). The Balaban J connectivity index is 1.30. The van der Waals surface area contributed by atoms with Gasteiger partial charge in [-0.15, -0.1) is 0 Å². The third-order valence-electron chi connectivity index (χ3n) is 9.87. The first-order valence-electron chi connectivity index (χ1n) is 14.4. The van der Waals surface area contributed by atoms with Gasteiger partial charge in [-0.3, -0.25) is 9.59 Å². The first-order chi connectivity index (χ1) is 20.4. The predicted octanol–water partition coefficient (Wildman–Crippen LogP) is 4.66. The summed E-state index contributed by atoms with van der Waals surface area (Å²) in [6, 6.07) is 9.86. The highest BCUT2D eigenvalue weighted by Crippen LogP contribution is 2.72. The predicted molar refractivity (Wildman–Crippen MR) is 161 cm³/mol. The third kappa shape index (κ3) is 4.80. The summed E-state index contributed by atoms with van der Waals surface area (Å²) in [5.74, 6) is 3.05. The van der Waals surface area contributed by atoms with Crippen molar-refractivity contribution >= 4 is 35.1 Å². The minimum Gasteiger partial charge on any atom is -0.506 e. The largest absolute Gasteiger partial charge is 0.506 e. The highest BCUT2D eigenvalue weighted by atomic mass is 32.2. The van der Waals surface area contributed by atoms with Crippen molar-refractivity contribution in [3.63, 3.8) is 0 Å². The zero-order valence-corrected chi connectivity index (χ0v) is 24.8. The maximum Gasteiger partial charge on any atom is 0.339 e. The highest BCUT2D eigenvalue weighted by Gasteiger charge is 2.72. The van der Waals surface area contributed by atoms with E-state index < -0.39 is 34.4 Å². The number of allylic oxidation sites excluding steroid dienone is 2. The van der Waals surface area contributed by atoms with Gasteiger partial charge in [0.2, 0.25) is 5.91 Å². The second-order valence-corrected chi connectivity index (χ2v) is 13.7. The fraction of sp³-hybridized carbons (Fsp3) is 0.424. The van der Waals surface area contributed by atoms with Gasteiger partial charge in [-0.1, -0.05) is 42.7 Å². The average Bonchev–Trinajstić information content (AvgIpc) is 3.32. The maximum absolute atomic E-state index is 14.4. The summed E-state index contributed by atoms with van der Waals surface area (Å²) in [6.07, 6.45) is 4.86. The molecule has 2 saturated heterocycles. The van der Waals surface area contributed by atoms with E-state index >= 15 is 0 Å². The monoisotopic (exact) mass is 602 g/mol. The van der Waals surface area contributed by atoms with Crippen LogP contribution in [0.5, 0.6) is 11.5 Å². The van der Waals surface area contributed by atoms with E-state index in [0.29, 0.717) is 10.8 Å². The number of carboxylic acid groups (broad SMARTS) is 1. The van der Waals surface area contributed by atoms with E-state index in [1.54, 1.807) is 0 Å². The van der Waals surface area contributed by atoms with Gasteiger partial charge in [0.1, 0.15) is 17.0 Å². The number of carbonyl (C=O) groups is 3. The second-order valence-electron chi connectivity index (χ2n) is 12.6. The number of ether oxygens (including phenoxy) is 1. The van der Waals surface area contributed by atoms with Gasteiger partial charge in [0, 0.05) is 28.2 Å². The molecular weight excluding hydrogens is 568 g/mol. The van der Waals surface area contributed by atoms with Gasteiger partial charge in [-0.05, 0) is 74.3 Å². The van der Waals surface area contributed by atoms with Gasteiger partial charge >= 0.3 is 5.97 Å². The number of phenolic OH excluding ortho intramolecular Hbond substituents is 1. The van der Waals surface area contributed by atoms with Crippen molar-refractivity contribution in [3.05, 3.63) is 58.5 Å². The van der Waals surface area contributed by atoms with Crippen LogP contribution in [-0.2, 0) is 14.3 Å². The van der Waals surface area contributed by atoms with Crippen LogP contribution in [0.3, 0.4) is 0 Å². The zero-order chi connectivity index (χ0) is 30.7. The summed E-state index contributed by atoms with van der Waals surface area (Å²) >= 11 is 1.42. The average molecular weight is 603 g/mol. The van der Waals surface area contributed by atoms with Crippen LogP contribution < -0.4 is 11.1 Å². The first kappa shape index (κ1) is 29.3. The smallest absolute Gasteiger partial charge is 0.339 e. The topological polar surface area (TPSA) is 159 Å². The zero-order valence-electron chi connectivity index (χ0n) is 24.0. The lowest BCUT2D eigenvalue weighted by Gasteiger charge is -2.56. The number of anilines is 1. The summed E-state index contributed by atoms with van der Waals surface area (Å²) in [5.41, 5.74) is 4.16. The number of carboxylic acids is 1. The molecule has 2 heterocycles. The van der Waals surface area contributed by atoms with Gasteiger partial charge in [0.25, 0.3) is 0 Å². The minimum atomic E-state index is -1.40. The Hall–Kier alpha value is -3.78. The standard InChI is InChI=1S/C33H34N2O7S/c1-31(11-10-25(37)35-26-22(36)9-8-21(27(26)38)30(40)41)28-23-14-19-15-33(28,17-32(19,2)42-23)16-24(29(31)39)43-20-7-3-5-18(13-20)6-4-12-34/h3,5,7-9,13,16,19,23,28,36,38H,10-12,14-15,17,34H2,1-2H3,(H,35,37)(H,40,41)/t19-,23+,28+,31+,32+,33-/m1/s1. The van der Waals surface area contributed by atoms with Crippen LogP contribution >= 0.6 is 11.8 Å². The van der Waals surface area contributed by atoms with Crippen molar-refractivity contribution in [2.75, 3.05) is 11.9 Å². The molecule has 224 valence electrons. The summed E-state index contributed by atoms with van der Waals surface area (Å²) in [5, 5.41) is 32.4. The van der Waals surface area contributed by atoms with E-state index in [9.17, 15) is 29.7 Å². The number of rotatable bonds is 7. The molecule has 2 saturated carbocycles. The number of aromatic hydroxyl groups is 2. The van der Waals surface area contributed by atoms with E-state index in [1.165, 1.54) is 11.8 Å². The van der Waals surface area contributed by atoms with Crippen LogP contribution in [-0.4, -0.2) is 51.2 Å². The van der Waals surface area contributed by atoms with Crippen LogP contribution in [0.1, 0.15) is 61.9 Å². The summed E-state index contributed by atoms with van der Waals surface area (Å²) < 4.78 is 6.59. The van der Waals surface area contributed by atoms with Crippen LogP contribution in [0.25, 0.3) is 0 Å². The molecule has 1 amide bonds. The van der Waals surface area contributed by atoms with Gasteiger partial charge in [0.15, 0.2) is 11.5 Å². The molecule has 2 aromatic rings. The number of hydrogen-bond donors (Lipinski definition) is 5. The molecule has 4 fully saturated rings. The van der Waals surface area contributed by atoms with Crippen LogP contribution in [0.2, 0.25) is 0 Å². The molecule has 10 heteroatoms. The molecule has 43 heavy (non-hydrogen) atoms. The fourth-order valence-corrected chi connectivity index (χ4v) is 9.41. The number of thioether (sulfide) groups is 1. The number of ketones is 1. The Morgan fingerprint density at radius 1 is 1.21 bits per heavy atom. The molecule has 2 aromatic carbocycles. The van der Waals surface area contributed by atoms with Crippen molar-refractivity contribution in [3.8, 4) is 23.3 Å². The number of Topliss-reactive ketones (excluding diaryl/α,β-unsaturated/α-hetero) is 1. The van der Waals surface area contributed by atoms with Crippen LogP contribution in [0.4, 0.5) is 5.69 Å². The fourth-order valence-electron chi connectivity index (χ4n) is 8.21. The van der Waals surface area contributed by atoms with Crippen LogP contribution in [0, 0.1) is 34.5 Å². The molecule has 4 bridgehead atoms. The van der Waals surface area contributed by atoms with E-state index in [0.717, 1.165) is 41.9 Å². The molecule has 3 aliphatic carbocycles. The second kappa shape index (κ2) is 10.4. The van der Waals surface area contributed by atoms with Crippen LogP contribution in [0.15, 0.2) is 52.3 Å². The Kier molecular flexibility index (Phi) is 7.11.